The van der Waals surface area contributed by atoms with Crippen LogP contribution in [0.1, 0.15) is 37.7 Å². The van der Waals surface area contributed by atoms with E-state index in [0.29, 0.717) is 13.0 Å². The number of carbonyl (C=O) groups is 1. The summed E-state index contributed by atoms with van der Waals surface area (Å²) < 4.78 is 5.97. The second-order valence-corrected chi connectivity index (χ2v) is 6.95. The zero-order valence-electron chi connectivity index (χ0n) is 14.8. The van der Waals surface area contributed by atoms with E-state index in [-0.39, 0.29) is 12.0 Å². The molecule has 0 bridgehead atoms. The van der Waals surface area contributed by atoms with E-state index >= 15 is 0 Å². The molecule has 0 saturated carbocycles. The number of nitrogens with one attached hydrogen (secondary N) is 1. The third-order valence-electron chi connectivity index (χ3n) is 4.96. The number of amides is 1. The van der Waals surface area contributed by atoms with Gasteiger partial charge in [0.15, 0.2) is 0 Å². The number of hydrogen-bond donors (Lipinski definition) is 1. The largest absolute Gasteiger partial charge is 0.488 e. The maximum atomic E-state index is 12.2. The highest BCUT2D eigenvalue weighted by Gasteiger charge is 2.24. The molecule has 1 aromatic carbocycles. The molecular formula is C21H23N3O2. The van der Waals surface area contributed by atoms with Gasteiger partial charge in [-0.3, -0.25) is 14.8 Å². The molecule has 1 atom stereocenters. The number of benzene rings is 1. The first-order chi connectivity index (χ1) is 12.8. The maximum absolute atomic E-state index is 12.2. The van der Waals surface area contributed by atoms with E-state index in [0.717, 1.165) is 41.8 Å². The van der Waals surface area contributed by atoms with E-state index < -0.39 is 0 Å². The molecule has 0 radical (unpaired) electrons. The number of aromatic nitrogens is 2. The fourth-order valence-electron chi connectivity index (χ4n) is 3.60. The molecule has 2 heterocycles. The third kappa shape index (κ3) is 3.93. The van der Waals surface area contributed by atoms with E-state index in [1.807, 2.05) is 12.1 Å². The van der Waals surface area contributed by atoms with Crippen LogP contribution in [0, 0.1) is 0 Å². The summed E-state index contributed by atoms with van der Waals surface area (Å²) in [6.07, 6.45) is 13.3. The number of ether oxygens (including phenoxy) is 1. The van der Waals surface area contributed by atoms with Gasteiger partial charge in [0, 0.05) is 30.8 Å². The molecule has 1 aliphatic heterocycles. The Morgan fingerprint density at radius 2 is 2.23 bits per heavy atom. The van der Waals surface area contributed by atoms with Gasteiger partial charge in [0.25, 0.3) is 0 Å². The van der Waals surface area contributed by atoms with Crippen LogP contribution in [-0.4, -0.2) is 28.5 Å². The van der Waals surface area contributed by atoms with Crippen molar-refractivity contribution in [3.63, 3.8) is 0 Å². The first kappa shape index (κ1) is 16.8. The van der Waals surface area contributed by atoms with Crippen molar-refractivity contribution in [1.29, 1.82) is 0 Å². The minimum atomic E-state index is -0.00797. The molecule has 1 amide bonds. The first-order valence-electron chi connectivity index (χ1n) is 9.28. The van der Waals surface area contributed by atoms with Gasteiger partial charge >= 0.3 is 0 Å². The highest BCUT2D eigenvalue weighted by molar-refractivity contribution is 5.78. The minimum Gasteiger partial charge on any atom is -0.488 e. The Hall–Kier alpha value is -2.69. The van der Waals surface area contributed by atoms with Crippen molar-refractivity contribution in [2.45, 2.75) is 44.6 Å². The zero-order valence-corrected chi connectivity index (χ0v) is 14.8. The molecule has 5 nitrogen and oxygen atoms in total. The van der Waals surface area contributed by atoms with E-state index in [1.165, 1.54) is 18.4 Å². The fraction of sp³-hybridized carbons (Fsp3) is 0.381. The van der Waals surface area contributed by atoms with Crippen LogP contribution < -0.4 is 10.1 Å². The predicted molar refractivity (Wildman–Crippen MR) is 99.8 cm³/mol. The molecule has 1 aliphatic carbocycles. The van der Waals surface area contributed by atoms with Gasteiger partial charge in [-0.15, -0.1) is 0 Å². The molecule has 1 aromatic heterocycles. The van der Waals surface area contributed by atoms with E-state index in [1.54, 1.807) is 18.6 Å². The maximum Gasteiger partial charge on any atom is 0.224 e. The van der Waals surface area contributed by atoms with Crippen LogP contribution in [0.5, 0.6) is 5.75 Å². The van der Waals surface area contributed by atoms with Crippen LogP contribution in [0.2, 0.25) is 0 Å². The highest BCUT2D eigenvalue weighted by atomic mass is 16.5. The average Bonchev–Trinajstić information content (AvgIpc) is 3.10. The number of allylic oxidation sites excluding steroid dienone is 1. The Labute approximate surface area is 153 Å². The summed E-state index contributed by atoms with van der Waals surface area (Å²) in [4.78, 5) is 20.6. The van der Waals surface area contributed by atoms with Crippen LogP contribution in [0.25, 0.3) is 11.3 Å². The SMILES string of the molecule is O=C(CC1=CCCCC1)NCC1Cc2cc(-c3cnccn3)ccc2O1. The van der Waals surface area contributed by atoms with Crippen molar-refractivity contribution in [2.24, 2.45) is 0 Å². The summed E-state index contributed by atoms with van der Waals surface area (Å²) in [5, 5.41) is 3.03. The van der Waals surface area contributed by atoms with E-state index in [4.69, 9.17) is 4.74 Å². The van der Waals surface area contributed by atoms with E-state index in [2.05, 4.69) is 27.4 Å². The van der Waals surface area contributed by atoms with Gasteiger partial charge in [-0.2, -0.15) is 0 Å². The monoisotopic (exact) mass is 349 g/mol. The van der Waals surface area contributed by atoms with Gasteiger partial charge in [0.1, 0.15) is 11.9 Å². The topological polar surface area (TPSA) is 64.1 Å². The molecule has 2 aromatic rings. The molecule has 2 aliphatic rings. The van der Waals surface area contributed by atoms with Crippen molar-refractivity contribution >= 4 is 5.91 Å². The molecule has 0 saturated heterocycles. The summed E-state index contributed by atoms with van der Waals surface area (Å²) in [5.74, 6) is 0.991. The second kappa shape index (κ2) is 7.68. The first-order valence-corrected chi connectivity index (χ1v) is 9.28. The fourth-order valence-corrected chi connectivity index (χ4v) is 3.60. The molecule has 1 N–H and O–H groups in total. The van der Waals surface area contributed by atoms with Crippen molar-refractivity contribution in [3.8, 4) is 17.0 Å². The van der Waals surface area contributed by atoms with Crippen LogP contribution in [-0.2, 0) is 11.2 Å². The lowest BCUT2D eigenvalue weighted by Crippen LogP contribution is -2.34. The van der Waals surface area contributed by atoms with E-state index in [9.17, 15) is 4.79 Å². The predicted octanol–water partition coefficient (Wildman–Crippen LogP) is 3.45. The quantitative estimate of drug-likeness (QED) is 0.840. The second-order valence-electron chi connectivity index (χ2n) is 6.95. The van der Waals surface area contributed by atoms with Gasteiger partial charge in [-0.1, -0.05) is 11.6 Å². The Morgan fingerprint density at radius 1 is 1.27 bits per heavy atom. The zero-order chi connectivity index (χ0) is 17.8. The van der Waals surface area contributed by atoms with Gasteiger partial charge in [0.2, 0.25) is 5.91 Å². The van der Waals surface area contributed by atoms with Crippen molar-refractivity contribution in [1.82, 2.24) is 15.3 Å². The lowest BCUT2D eigenvalue weighted by molar-refractivity contribution is -0.120. The lowest BCUT2D eigenvalue weighted by Gasteiger charge is -2.14. The molecule has 1 unspecified atom stereocenters. The Bertz CT molecular complexity index is 817. The summed E-state index contributed by atoms with van der Waals surface area (Å²) >= 11 is 0. The van der Waals surface area contributed by atoms with Crippen LogP contribution in [0.15, 0.2) is 48.4 Å². The highest BCUT2D eigenvalue weighted by Crippen LogP contribution is 2.32. The Balaban J connectivity index is 1.32. The molecule has 134 valence electrons. The molecular weight excluding hydrogens is 326 g/mol. The van der Waals surface area contributed by atoms with Gasteiger partial charge in [-0.25, -0.2) is 0 Å². The lowest BCUT2D eigenvalue weighted by atomic mass is 9.97. The summed E-state index contributed by atoms with van der Waals surface area (Å²) in [6, 6.07) is 6.08. The van der Waals surface area contributed by atoms with Crippen LogP contribution in [0.4, 0.5) is 0 Å². The van der Waals surface area contributed by atoms with Crippen LogP contribution >= 0.6 is 0 Å². The Kier molecular flexibility index (Phi) is 4.95. The average molecular weight is 349 g/mol. The van der Waals surface area contributed by atoms with Crippen molar-refractivity contribution in [2.75, 3.05) is 6.54 Å². The number of hydrogen-bond acceptors (Lipinski definition) is 4. The molecule has 0 fully saturated rings. The molecule has 5 heteroatoms. The molecule has 4 rings (SSSR count). The molecule has 0 spiro atoms. The van der Waals surface area contributed by atoms with Gasteiger partial charge < -0.3 is 10.1 Å². The van der Waals surface area contributed by atoms with Crippen LogP contribution in [0.3, 0.4) is 0 Å². The number of rotatable bonds is 5. The number of nitrogens with zero attached hydrogens (tertiary/aromatic N) is 2. The standard InChI is InChI=1S/C21H23N3O2/c25-21(10-15-4-2-1-3-5-15)24-13-18-12-17-11-16(6-7-20(17)26-18)19-14-22-8-9-23-19/h4,6-9,11,14,18H,1-3,5,10,12-13H2,(H,24,25). The minimum absolute atomic E-state index is 0.00797. The number of fused-ring (bicyclic) bond motifs is 1. The summed E-state index contributed by atoms with van der Waals surface area (Å²) in [5.41, 5.74) is 4.32. The number of carbonyl (C=O) groups excluding carboxylic acids is 1. The molecule has 26 heavy (non-hydrogen) atoms. The third-order valence-corrected chi connectivity index (χ3v) is 4.96. The van der Waals surface area contributed by atoms with Crippen molar-refractivity contribution in [3.05, 3.63) is 54.0 Å². The van der Waals surface area contributed by atoms with Gasteiger partial charge in [0.05, 0.1) is 18.4 Å². The van der Waals surface area contributed by atoms with Gasteiger partial charge in [-0.05, 0) is 49.4 Å². The van der Waals surface area contributed by atoms with Crippen molar-refractivity contribution < 1.29 is 9.53 Å². The normalized spacial score (nSPS) is 18.6. The smallest absolute Gasteiger partial charge is 0.224 e. The summed E-state index contributed by atoms with van der Waals surface area (Å²) in [6.45, 7) is 0.543. The Morgan fingerprint density at radius 3 is 3.04 bits per heavy atom. The summed E-state index contributed by atoms with van der Waals surface area (Å²) in [7, 11) is 0.